The number of aryl methyl sites for hydroxylation is 1. The van der Waals surface area contributed by atoms with Crippen molar-refractivity contribution in [3.8, 4) is 16.9 Å². The lowest BCUT2D eigenvalue weighted by Gasteiger charge is -2.31. The summed E-state index contributed by atoms with van der Waals surface area (Å²) < 4.78 is 11.6. The van der Waals surface area contributed by atoms with Gasteiger partial charge in [-0.1, -0.05) is 48.0 Å². The molecule has 1 saturated heterocycles. The molecule has 0 unspecified atom stereocenters. The smallest absolute Gasteiger partial charge is 0.126 e. The standard InChI is InChI=1S/C31H36N2O2.2ClH/c1-23-4-8-25(9-5-23)26-10-13-31-27(20-26)21-30(16-19-35-31)33(3)29-11-6-24(7-12-29)22-32(2)28-14-17-34-18-15-28;;/h4-13,20-21,28H,14-19,22H2,1-3H3;2*1H. The average molecular weight is 542 g/mol. The van der Waals surface area contributed by atoms with Crippen molar-refractivity contribution < 1.29 is 9.47 Å². The van der Waals surface area contributed by atoms with Crippen LogP contribution in [-0.2, 0) is 11.3 Å². The molecule has 0 aliphatic carbocycles. The molecule has 0 aromatic heterocycles. The Bertz CT molecular complexity index is 1170. The Morgan fingerprint density at radius 1 is 0.811 bits per heavy atom. The predicted molar refractivity (Wildman–Crippen MR) is 159 cm³/mol. The molecule has 2 aliphatic rings. The van der Waals surface area contributed by atoms with Crippen molar-refractivity contribution in [3.63, 3.8) is 0 Å². The molecule has 2 aliphatic heterocycles. The number of anilines is 1. The van der Waals surface area contributed by atoms with E-state index in [9.17, 15) is 0 Å². The van der Waals surface area contributed by atoms with E-state index in [0.29, 0.717) is 12.6 Å². The first-order chi connectivity index (χ1) is 17.1. The molecule has 0 saturated carbocycles. The highest BCUT2D eigenvalue weighted by molar-refractivity contribution is 5.85. The van der Waals surface area contributed by atoms with Gasteiger partial charge in [0.15, 0.2) is 0 Å². The second-order valence-electron chi connectivity index (χ2n) is 9.84. The van der Waals surface area contributed by atoms with E-state index in [-0.39, 0.29) is 24.8 Å². The zero-order valence-corrected chi connectivity index (χ0v) is 23.6. The van der Waals surface area contributed by atoms with Crippen LogP contribution in [0.3, 0.4) is 0 Å². The van der Waals surface area contributed by atoms with E-state index in [1.54, 1.807) is 0 Å². The van der Waals surface area contributed by atoms with Gasteiger partial charge >= 0.3 is 0 Å². The first-order valence-electron chi connectivity index (χ1n) is 12.7. The summed E-state index contributed by atoms with van der Waals surface area (Å²) in [4.78, 5) is 4.76. The minimum absolute atomic E-state index is 0. The highest BCUT2D eigenvalue weighted by Crippen LogP contribution is 2.33. The number of benzene rings is 3. The van der Waals surface area contributed by atoms with Crippen molar-refractivity contribution >= 4 is 36.6 Å². The molecule has 0 N–H and O–H groups in total. The van der Waals surface area contributed by atoms with E-state index in [1.165, 1.54) is 33.6 Å². The molecule has 0 bridgehead atoms. The number of halogens is 2. The molecule has 3 aromatic rings. The van der Waals surface area contributed by atoms with E-state index in [2.05, 4.69) is 104 Å². The summed E-state index contributed by atoms with van der Waals surface area (Å²) in [5, 5.41) is 0. The Morgan fingerprint density at radius 2 is 1.49 bits per heavy atom. The van der Waals surface area contributed by atoms with Crippen LogP contribution < -0.4 is 9.64 Å². The van der Waals surface area contributed by atoms with Gasteiger partial charge in [-0.2, -0.15) is 0 Å². The monoisotopic (exact) mass is 540 g/mol. The quantitative estimate of drug-likeness (QED) is 0.325. The first kappa shape index (κ1) is 29.1. The molecule has 0 radical (unpaired) electrons. The summed E-state index contributed by atoms with van der Waals surface area (Å²) in [6.07, 6.45) is 5.41. The van der Waals surface area contributed by atoms with Crippen LogP contribution >= 0.6 is 24.8 Å². The fourth-order valence-electron chi connectivity index (χ4n) is 5.03. The maximum absolute atomic E-state index is 6.10. The van der Waals surface area contributed by atoms with Crippen LogP contribution in [0.4, 0.5) is 5.69 Å². The molecule has 4 nitrogen and oxygen atoms in total. The molecule has 37 heavy (non-hydrogen) atoms. The molecule has 0 atom stereocenters. The first-order valence-corrected chi connectivity index (χ1v) is 12.7. The van der Waals surface area contributed by atoms with Crippen LogP contribution in [0, 0.1) is 6.92 Å². The third-order valence-electron chi connectivity index (χ3n) is 7.33. The number of rotatable bonds is 6. The molecule has 5 rings (SSSR count). The molecule has 3 aromatic carbocycles. The van der Waals surface area contributed by atoms with Gasteiger partial charge in [0.1, 0.15) is 5.75 Å². The fraction of sp³-hybridized carbons (Fsp3) is 0.355. The summed E-state index contributed by atoms with van der Waals surface area (Å²) in [6, 6.07) is 24.8. The summed E-state index contributed by atoms with van der Waals surface area (Å²) in [6.45, 7) is 5.54. The van der Waals surface area contributed by atoms with Crippen LogP contribution in [0.5, 0.6) is 5.75 Å². The Labute approximate surface area is 234 Å². The number of ether oxygens (including phenoxy) is 2. The van der Waals surface area contributed by atoms with Crippen LogP contribution in [0.25, 0.3) is 17.2 Å². The summed E-state index contributed by atoms with van der Waals surface area (Å²) in [5.74, 6) is 0.954. The molecule has 0 spiro atoms. The van der Waals surface area contributed by atoms with E-state index in [4.69, 9.17) is 9.47 Å². The number of hydrogen-bond acceptors (Lipinski definition) is 4. The second kappa shape index (κ2) is 13.3. The molecule has 6 heteroatoms. The molecule has 198 valence electrons. The van der Waals surface area contributed by atoms with E-state index in [0.717, 1.165) is 50.3 Å². The van der Waals surface area contributed by atoms with Gasteiger partial charge in [0.05, 0.1) is 6.61 Å². The van der Waals surface area contributed by atoms with Gasteiger partial charge in [-0.05, 0) is 73.8 Å². The topological polar surface area (TPSA) is 24.9 Å². The van der Waals surface area contributed by atoms with Crippen molar-refractivity contribution in [2.24, 2.45) is 0 Å². The van der Waals surface area contributed by atoms with Gasteiger partial charge in [-0.3, -0.25) is 4.90 Å². The summed E-state index contributed by atoms with van der Waals surface area (Å²) in [7, 11) is 4.39. The van der Waals surface area contributed by atoms with Gasteiger partial charge < -0.3 is 14.4 Å². The Hall–Kier alpha value is -2.50. The van der Waals surface area contributed by atoms with Gasteiger partial charge in [-0.25, -0.2) is 0 Å². The predicted octanol–water partition coefficient (Wildman–Crippen LogP) is 7.38. The average Bonchev–Trinajstić information content (AvgIpc) is 3.12. The molecule has 2 heterocycles. The highest BCUT2D eigenvalue weighted by atomic mass is 35.5. The van der Waals surface area contributed by atoms with E-state index < -0.39 is 0 Å². The van der Waals surface area contributed by atoms with Crippen LogP contribution in [-0.4, -0.2) is 44.9 Å². The lowest BCUT2D eigenvalue weighted by atomic mass is 10.0. The number of fused-ring (bicyclic) bond motifs is 1. The number of nitrogens with zero attached hydrogens (tertiary/aromatic N) is 2. The molecule has 0 amide bonds. The van der Waals surface area contributed by atoms with Gasteiger partial charge in [-0.15, -0.1) is 24.8 Å². The number of hydrogen-bond donors (Lipinski definition) is 0. The van der Waals surface area contributed by atoms with Crippen molar-refractivity contribution in [1.82, 2.24) is 4.90 Å². The maximum atomic E-state index is 6.10. The van der Waals surface area contributed by atoms with Crippen molar-refractivity contribution in [1.29, 1.82) is 0 Å². The Balaban J connectivity index is 0.00000190. The fourth-order valence-corrected chi connectivity index (χ4v) is 5.03. The van der Waals surface area contributed by atoms with Crippen molar-refractivity contribution in [2.75, 3.05) is 38.8 Å². The third-order valence-corrected chi connectivity index (χ3v) is 7.33. The minimum atomic E-state index is 0. The SMILES string of the molecule is Cc1ccc(-c2ccc3c(c2)C=C(N(C)c2ccc(CN(C)C4CCOCC4)cc2)CCO3)cc1.Cl.Cl. The van der Waals surface area contributed by atoms with Crippen molar-refractivity contribution in [2.45, 2.75) is 38.8 Å². The maximum Gasteiger partial charge on any atom is 0.126 e. The second-order valence-corrected chi connectivity index (χ2v) is 9.84. The largest absolute Gasteiger partial charge is 0.493 e. The highest BCUT2D eigenvalue weighted by Gasteiger charge is 2.19. The molecular weight excluding hydrogens is 503 g/mol. The normalized spacial score (nSPS) is 15.4. The third kappa shape index (κ3) is 7.08. The Morgan fingerprint density at radius 3 is 2.19 bits per heavy atom. The van der Waals surface area contributed by atoms with Crippen LogP contribution in [0.1, 0.15) is 36.0 Å². The van der Waals surface area contributed by atoms with Crippen LogP contribution in [0.2, 0.25) is 0 Å². The van der Waals surface area contributed by atoms with Crippen LogP contribution in [0.15, 0.2) is 72.4 Å². The zero-order valence-electron chi connectivity index (χ0n) is 22.0. The zero-order chi connectivity index (χ0) is 24.2. The van der Waals surface area contributed by atoms with Gasteiger partial charge in [0.25, 0.3) is 0 Å². The lowest BCUT2D eigenvalue weighted by molar-refractivity contribution is 0.0407. The molecular formula is C31H38Cl2N2O2. The summed E-state index contributed by atoms with van der Waals surface area (Å²) in [5.41, 5.74) is 8.66. The lowest BCUT2D eigenvalue weighted by Crippen LogP contribution is -2.36. The van der Waals surface area contributed by atoms with Gasteiger partial charge in [0, 0.05) is 56.2 Å². The molecule has 1 fully saturated rings. The van der Waals surface area contributed by atoms with Gasteiger partial charge in [0.2, 0.25) is 0 Å². The minimum Gasteiger partial charge on any atom is -0.493 e. The summed E-state index contributed by atoms with van der Waals surface area (Å²) >= 11 is 0. The van der Waals surface area contributed by atoms with E-state index >= 15 is 0 Å². The van der Waals surface area contributed by atoms with E-state index in [1.807, 2.05) is 0 Å². The Kier molecular flexibility index (Phi) is 10.5. The van der Waals surface area contributed by atoms with Crippen molar-refractivity contribution in [3.05, 3.63) is 89.1 Å².